The number of thiazole rings is 1. The number of aliphatic hydroxyl groups is 1. The molecule has 1 aliphatic rings. The molecule has 1 atom stereocenters. The largest absolute Gasteiger partial charge is 0.387 e. The van der Waals surface area contributed by atoms with E-state index in [0.29, 0.717) is 0 Å². The lowest BCUT2D eigenvalue weighted by atomic mass is 10.2. The minimum absolute atomic E-state index is 0.439. The van der Waals surface area contributed by atoms with Crippen molar-refractivity contribution in [3.05, 3.63) is 10.6 Å². The highest BCUT2D eigenvalue weighted by molar-refractivity contribution is 7.15. The number of hydrogen-bond acceptors (Lipinski definition) is 4. The van der Waals surface area contributed by atoms with Crippen LogP contribution < -0.4 is 4.90 Å². The number of aromatic nitrogens is 1. The standard InChI is InChI=1S/C9H14N2OS/c1-6(12)8-7(2)13-9(10-8)11-4-3-5-11/h6,12H,3-5H2,1-2H3. The van der Waals surface area contributed by atoms with E-state index in [-0.39, 0.29) is 0 Å². The van der Waals surface area contributed by atoms with Crippen LogP contribution in [-0.4, -0.2) is 23.2 Å². The van der Waals surface area contributed by atoms with Gasteiger partial charge in [-0.2, -0.15) is 0 Å². The van der Waals surface area contributed by atoms with E-state index in [1.165, 1.54) is 6.42 Å². The van der Waals surface area contributed by atoms with Crippen molar-refractivity contribution in [3.63, 3.8) is 0 Å². The molecule has 0 spiro atoms. The van der Waals surface area contributed by atoms with Gasteiger partial charge in [-0.3, -0.25) is 0 Å². The summed E-state index contributed by atoms with van der Waals surface area (Å²) in [6.45, 7) is 6.02. The molecule has 72 valence electrons. The lowest BCUT2D eigenvalue weighted by Crippen LogP contribution is -2.36. The first kappa shape index (κ1) is 8.97. The first-order chi connectivity index (χ1) is 6.18. The molecule has 2 heterocycles. The van der Waals surface area contributed by atoms with Crippen molar-refractivity contribution in [3.8, 4) is 0 Å². The van der Waals surface area contributed by atoms with Gasteiger partial charge in [0.15, 0.2) is 5.13 Å². The summed E-state index contributed by atoms with van der Waals surface area (Å²) in [5, 5.41) is 10.5. The van der Waals surface area contributed by atoms with Crippen LogP contribution in [-0.2, 0) is 0 Å². The molecule has 1 aromatic heterocycles. The lowest BCUT2D eigenvalue weighted by molar-refractivity contribution is 0.194. The summed E-state index contributed by atoms with van der Waals surface area (Å²) in [5.41, 5.74) is 0.840. The quantitative estimate of drug-likeness (QED) is 0.786. The second kappa shape index (κ2) is 3.27. The molecule has 1 unspecified atom stereocenters. The summed E-state index contributed by atoms with van der Waals surface area (Å²) in [6, 6.07) is 0. The molecule has 1 aliphatic heterocycles. The molecule has 3 nitrogen and oxygen atoms in total. The monoisotopic (exact) mass is 198 g/mol. The van der Waals surface area contributed by atoms with Gasteiger partial charge < -0.3 is 10.0 Å². The maximum atomic E-state index is 9.42. The summed E-state index contributed by atoms with van der Waals surface area (Å²) in [5.74, 6) is 0. The third-order valence-electron chi connectivity index (χ3n) is 2.34. The average Bonchev–Trinajstić information content (AvgIpc) is 2.27. The van der Waals surface area contributed by atoms with Crippen molar-refractivity contribution in [1.29, 1.82) is 0 Å². The molecular weight excluding hydrogens is 184 g/mol. The third kappa shape index (κ3) is 1.56. The molecule has 0 bridgehead atoms. The maximum absolute atomic E-state index is 9.42. The van der Waals surface area contributed by atoms with Gasteiger partial charge in [0.25, 0.3) is 0 Å². The van der Waals surface area contributed by atoms with Crippen LogP contribution in [0.4, 0.5) is 5.13 Å². The minimum Gasteiger partial charge on any atom is -0.387 e. The summed E-state index contributed by atoms with van der Waals surface area (Å²) in [7, 11) is 0. The van der Waals surface area contributed by atoms with Crippen molar-refractivity contribution in [1.82, 2.24) is 4.98 Å². The van der Waals surface area contributed by atoms with Gasteiger partial charge in [0.1, 0.15) is 0 Å². The van der Waals surface area contributed by atoms with Crippen LogP contribution in [0.15, 0.2) is 0 Å². The molecule has 0 aliphatic carbocycles. The number of aryl methyl sites for hydroxylation is 1. The van der Waals surface area contributed by atoms with E-state index in [2.05, 4.69) is 9.88 Å². The number of rotatable bonds is 2. The lowest BCUT2D eigenvalue weighted by Gasteiger charge is -2.30. The third-order valence-corrected chi connectivity index (χ3v) is 3.39. The summed E-state index contributed by atoms with van der Waals surface area (Å²) in [6.07, 6.45) is 0.828. The van der Waals surface area contributed by atoms with Crippen molar-refractivity contribution in [2.75, 3.05) is 18.0 Å². The van der Waals surface area contributed by atoms with Crippen molar-refractivity contribution in [2.45, 2.75) is 26.4 Å². The Morgan fingerprint density at radius 2 is 2.23 bits per heavy atom. The zero-order chi connectivity index (χ0) is 9.42. The number of anilines is 1. The van der Waals surface area contributed by atoms with Crippen LogP contribution in [0.5, 0.6) is 0 Å². The van der Waals surface area contributed by atoms with E-state index in [4.69, 9.17) is 0 Å². The SMILES string of the molecule is Cc1sc(N2CCC2)nc1C(C)O. The highest BCUT2D eigenvalue weighted by Gasteiger charge is 2.20. The van der Waals surface area contributed by atoms with E-state index >= 15 is 0 Å². The van der Waals surface area contributed by atoms with Crippen LogP contribution in [0.25, 0.3) is 0 Å². The first-order valence-electron chi connectivity index (χ1n) is 4.59. The Morgan fingerprint density at radius 3 is 2.62 bits per heavy atom. The van der Waals surface area contributed by atoms with Gasteiger partial charge in [0.05, 0.1) is 11.8 Å². The van der Waals surface area contributed by atoms with Gasteiger partial charge in [-0.05, 0) is 20.3 Å². The zero-order valence-electron chi connectivity index (χ0n) is 7.95. The van der Waals surface area contributed by atoms with Gasteiger partial charge in [-0.1, -0.05) is 0 Å². The average molecular weight is 198 g/mol. The van der Waals surface area contributed by atoms with Crippen LogP contribution in [0, 0.1) is 6.92 Å². The predicted octanol–water partition coefficient (Wildman–Crippen LogP) is 1.71. The summed E-state index contributed by atoms with van der Waals surface area (Å²) in [4.78, 5) is 7.82. The Morgan fingerprint density at radius 1 is 1.54 bits per heavy atom. The molecule has 1 aromatic rings. The molecule has 0 amide bonds. The molecule has 13 heavy (non-hydrogen) atoms. The molecule has 1 saturated heterocycles. The van der Waals surface area contributed by atoms with E-state index in [1.54, 1.807) is 18.3 Å². The van der Waals surface area contributed by atoms with Crippen molar-refractivity contribution < 1.29 is 5.11 Å². The van der Waals surface area contributed by atoms with E-state index in [0.717, 1.165) is 28.8 Å². The first-order valence-corrected chi connectivity index (χ1v) is 5.40. The van der Waals surface area contributed by atoms with Crippen LogP contribution >= 0.6 is 11.3 Å². The van der Waals surface area contributed by atoms with E-state index in [1.807, 2.05) is 6.92 Å². The second-order valence-electron chi connectivity index (χ2n) is 3.45. The Labute approximate surface area is 82.0 Å². The Bertz CT molecular complexity index is 305. The zero-order valence-corrected chi connectivity index (χ0v) is 8.77. The van der Waals surface area contributed by atoms with Gasteiger partial charge in [-0.15, -0.1) is 11.3 Å². The van der Waals surface area contributed by atoms with Gasteiger partial charge in [0, 0.05) is 18.0 Å². The minimum atomic E-state index is -0.439. The molecule has 0 saturated carbocycles. The Kier molecular flexibility index (Phi) is 2.26. The highest BCUT2D eigenvalue weighted by Crippen LogP contribution is 2.31. The Balaban J connectivity index is 2.23. The van der Waals surface area contributed by atoms with E-state index < -0.39 is 6.10 Å². The van der Waals surface area contributed by atoms with Crippen molar-refractivity contribution >= 4 is 16.5 Å². The van der Waals surface area contributed by atoms with Gasteiger partial charge >= 0.3 is 0 Å². The van der Waals surface area contributed by atoms with Crippen LogP contribution in [0.3, 0.4) is 0 Å². The molecule has 0 radical (unpaired) electrons. The molecular formula is C9H14N2OS. The van der Waals surface area contributed by atoms with Crippen LogP contribution in [0.2, 0.25) is 0 Å². The van der Waals surface area contributed by atoms with Gasteiger partial charge in [-0.25, -0.2) is 4.98 Å². The number of aliphatic hydroxyl groups excluding tert-OH is 1. The molecule has 2 rings (SSSR count). The number of hydrogen-bond donors (Lipinski definition) is 1. The topological polar surface area (TPSA) is 36.4 Å². The number of nitrogens with zero attached hydrogens (tertiary/aromatic N) is 2. The van der Waals surface area contributed by atoms with Gasteiger partial charge in [0.2, 0.25) is 0 Å². The molecule has 1 N–H and O–H groups in total. The summed E-state index contributed by atoms with van der Waals surface area (Å²) < 4.78 is 0. The molecule has 1 fully saturated rings. The molecule has 4 heteroatoms. The summed E-state index contributed by atoms with van der Waals surface area (Å²) >= 11 is 1.68. The highest BCUT2D eigenvalue weighted by atomic mass is 32.1. The normalized spacial score (nSPS) is 18.5. The van der Waals surface area contributed by atoms with Crippen LogP contribution in [0.1, 0.15) is 30.0 Å². The second-order valence-corrected chi connectivity index (χ2v) is 4.64. The smallest absolute Gasteiger partial charge is 0.185 e. The predicted molar refractivity (Wildman–Crippen MR) is 54.3 cm³/mol. The van der Waals surface area contributed by atoms with Crippen molar-refractivity contribution in [2.24, 2.45) is 0 Å². The maximum Gasteiger partial charge on any atom is 0.185 e. The fourth-order valence-electron chi connectivity index (χ4n) is 1.42. The Hall–Kier alpha value is -0.610. The fraction of sp³-hybridized carbons (Fsp3) is 0.667. The fourth-order valence-corrected chi connectivity index (χ4v) is 2.47. The molecule has 0 aromatic carbocycles. The van der Waals surface area contributed by atoms with E-state index in [9.17, 15) is 5.11 Å².